The highest BCUT2D eigenvalue weighted by molar-refractivity contribution is 4.85. The van der Waals surface area contributed by atoms with Crippen molar-refractivity contribution in [3.8, 4) is 0 Å². The summed E-state index contributed by atoms with van der Waals surface area (Å²) in [5, 5.41) is 3.68. The van der Waals surface area contributed by atoms with Gasteiger partial charge in [0, 0.05) is 37.6 Å². The van der Waals surface area contributed by atoms with Gasteiger partial charge >= 0.3 is 0 Å². The van der Waals surface area contributed by atoms with E-state index >= 15 is 0 Å². The van der Waals surface area contributed by atoms with Gasteiger partial charge in [-0.2, -0.15) is 0 Å². The monoisotopic (exact) mass is 278 g/mol. The molecule has 0 radical (unpaired) electrons. The minimum Gasteiger partial charge on any atom is -0.337 e. The van der Waals surface area contributed by atoms with Crippen LogP contribution >= 0.6 is 0 Å². The van der Waals surface area contributed by atoms with Gasteiger partial charge in [-0.15, -0.1) is 0 Å². The number of hydrogen-bond acceptors (Lipinski definition) is 3. The SMILES string of the molecule is CCCNC(C)C1CCCCN1CCCn1ccnc1. The first-order chi connectivity index (χ1) is 9.81. The third-order valence-electron chi connectivity index (χ3n) is 4.38. The lowest BCUT2D eigenvalue weighted by atomic mass is 9.96. The lowest BCUT2D eigenvalue weighted by Crippen LogP contribution is -2.51. The second kappa shape index (κ2) is 8.42. The van der Waals surface area contributed by atoms with Crippen molar-refractivity contribution in [1.82, 2.24) is 19.8 Å². The number of nitrogens with one attached hydrogen (secondary N) is 1. The van der Waals surface area contributed by atoms with Gasteiger partial charge in [0.25, 0.3) is 0 Å². The van der Waals surface area contributed by atoms with Gasteiger partial charge in [-0.25, -0.2) is 4.98 Å². The van der Waals surface area contributed by atoms with Gasteiger partial charge in [0.2, 0.25) is 0 Å². The summed E-state index contributed by atoms with van der Waals surface area (Å²) < 4.78 is 2.18. The summed E-state index contributed by atoms with van der Waals surface area (Å²) in [6.07, 6.45) is 12.4. The number of rotatable bonds is 8. The Balaban J connectivity index is 1.77. The number of imidazole rings is 1. The summed E-state index contributed by atoms with van der Waals surface area (Å²) in [6.45, 7) is 9.30. The molecular formula is C16H30N4. The van der Waals surface area contributed by atoms with E-state index in [0.29, 0.717) is 6.04 Å². The van der Waals surface area contributed by atoms with E-state index in [1.54, 1.807) is 0 Å². The van der Waals surface area contributed by atoms with Gasteiger partial charge in [-0.05, 0) is 45.7 Å². The van der Waals surface area contributed by atoms with E-state index in [9.17, 15) is 0 Å². The Labute approximate surface area is 123 Å². The molecule has 20 heavy (non-hydrogen) atoms. The van der Waals surface area contributed by atoms with Crippen molar-refractivity contribution in [3.05, 3.63) is 18.7 Å². The molecule has 114 valence electrons. The third kappa shape index (κ3) is 4.60. The second-order valence-corrected chi connectivity index (χ2v) is 6.00. The fourth-order valence-electron chi connectivity index (χ4n) is 3.24. The number of aromatic nitrogens is 2. The second-order valence-electron chi connectivity index (χ2n) is 6.00. The summed E-state index contributed by atoms with van der Waals surface area (Å²) in [5.74, 6) is 0. The van der Waals surface area contributed by atoms with Crippen LogP contribution in [0, 0.1) is 0 Å². The predicted molar refractivity (Wildman–Crippen MR) is 83.8 cm³/mol. The molecule has 4 nitrogen and oxygen atoms in total. The third-order valence-corrected chi connectivity index (χ3v) is 4.38. The summed E-state index contributed by atoms with van der Waals surface area (Å²) >= 11 is 0. The molecule has 2 rings (SSSR count). The van der Waals surface area contributed by atoms with Gasteiger partial charge in [-0.3, -0.25) is 4.90 Å². The molecule has 0 aromatic carbocycles. The molecule has 1 N–H and O–H groups in total. The molecule has 1 fully saturated rings. The standard InChI is InChI=1S/C16H30N4/c1-3-8-18-15(2)16-7-4-5-11-20(16)12-6-10-19-13-9-17-14-19/h9,13-16,18H,3-8,10-12H2,1-2H3. The van der Waals surface area contributed by atoms with Crippen molar-refractivity contribution >= 4 is 0 Å². The molecule has 0 spiro atoms. The molecule has 1 aromatic rings. The van der Waals surface area contributed by atoms with Crippen LogP contribution in [0.2, 0.25) is 0 Å². The average Bonchev–Trinajstić information content (AvgIpc) is 2.98. The summed E-state index contributed by atoms with van der Waals surface area (Å²) in [7, 11) is 0. The van der Waals surface area contributed by atoms with E-state index in [1.807, 2.05) is 12.5 Å². The first-order valence-corrected chi connectivity index (χ1v) is 8.24. The number of hydrogen-bond donors (Lipinski definition) is 1. The molecule has 0 bridgehead atoms. The minimum absolute atomic E-state index is 0.614. The van der Waals surface area contributed by atoms with Crippen LogP contribution in [-0.4, -0.2) is 46.2 Å². The van der Waals surface area contributed by atoms with E-state index in [0.717, 1.165) is 19.1 Å². The van der Waals surface area contributed by atoms with Crippen LogP contribution in [0.4, 0.5) is 0 Å². The Morgan fingerprint density at radius 1 is 1.35 bits per heavy atom. The lowest BCUT2D eigenvalue weighted by molar-refractivity contribution is 0.116. The maximum atomic E-state index is 4.10. The quantitative estimate of drug-likeness (QED) is 0.793. The summed E-state index contributed by atoms with van der Waals surface area (Å²) in [5.41, 5.74) is 0. The number of nitrogens with zero attached hydrogens (tertiary/aromatic N) is 3. The van der Waals surface area contributed by atoms with Crippen molar-refractivity contribution in [1.29, 1.82) is 0 Å². The maximum absolute atomic E-state index is 4.10. The molecule has 0 amide bonds. The molecule has 1 aliphatic heterocycles. The Hall–Kier alpha value is -0.870. The Bertz CT molecular complexity index is 349. The normalized spacial score (nSPS) is 22.0. The van der Waals surface area contributed by atoms with Gasteiger partial charge in [0.05, 0.1) is 6.33 Å². The Kier molecular flexibility index (Phi) is 6.54. The van der Waals surface area contributed by atoms with Gasteiger partial charge in [0.1, 0.15) is 0 Å². The Morgan fingerprint density at radius 2 is 2.25 bits per heavy atom. The first-order valence-electron chi connectivity index (χ1n) is 8.24. The minimum atomic E-state index is 0.614. The van der Waals surface area contributed by atoms with Crippen LogP contribution in [0.5, 0.6) is 0 Å². The highest BCUT2D eigenvalue weighted by Crippen LogP contribution is 2.20. The zero-order valence-electron chi connectivity index (χ0n) is 13.1. The van der Waals surface area contributed by atoms with Crippen LogP contribution in [0.15, 0.2) is 18.7 Å². The van der Waals surface area contributed by atoms with Crippen LogP contribution in [0.25, 0.3) is 0 Å². The number of likely N-dealkylation sites (tertiary alicyclic amines) is 1. The fraction of sp³-hybridized carbons (Fsp3) is 0.812. The topological polar surface area (TPSA) is 33.1 Å². The molecule has 0 saturated carbocycles. The highest BCUT2D eigenvalue weighted by atomic mass is 15.2. The molecular weight excluding hydrogens is 248 g/mol. The average molecular weight is 278 g/mol. The smallest absolute Gasteiger partial charge is 0.0945 e. The molecule has 2 heterocycles. The molecule has 2 unspecified atom stereocenters. The van der Waals surface area contributed by atoms with Gasteiger partial charge < -0.3 is 9.88 Å². The lowest BCUT2D eigenvalue weighted by Gasteiger charge is -2.39. The predicted octanol–water partition coefficient (Wildman–Crippen LogP) is 2.52. The van der Waals surface area contributed by atoms with Crippen LogP contribution in [0.3, 0.4) is 0 Å². The number of aryl methyl sites for hydroxylation is 1. The van der Waals surface area contributed by atoms with Crippen LogP contribution < -0.4 is 5.32 Å². The largest absolute Gasteiger partial charge is 0.337 e. The van der Waals surface area contributed by atoms with Gasteiger partial charge in [0.15, 0.2) is 0 Å². The van der Waals surface area contributed by atoms with E-state index in [2.05, 4.69) is 39.8 Å². The van der Waals surface area contributed by atoms with E-state index in [4.69, 9.17) is 0 Å². The zero-order valence-corrected chi connectivity index (χ0v) is 13.1. The van der Waals surface area contributed by atoms with Gasteiger partial charge in [-0.1, -0.05) is 13.3 Å². The molecule has 2 atom stereocenters. The van der Waals surface area contributed by atoms with Crippen molar-refractivity contribution in [2.75, 3.05) is 19.6 Å². The zero-order chi connectivity index (χ0) is 14.2. The molecule has 0 aliphatic carbocycles. The summed E-state index contributed by atoms with van der Waals surface area (Å²) in [4.78, 5) is 6.81. The van der Waals surface area contributed by atoms with Crippen LogP contribution in [0.1, 0.15) is 46.0 Å². The molecule has 4 heteroatoms. The molecule has 1 aromatic heterocycles. The number of piperidine rings is 1. The van der Waals surface area contributed by atoms with E-state index < -0.39 is 0 Å². The van der Waals surface area contributed by atoms with Crippen molar-refractivity contribution in [3.63, 3.8) is 0 Å². The first kappa shape index (κ1) is 15.5. The Morgan fingerprint density at radius 3 is 3.00 bits per heavy atom. The van der Waals surface area contributed by atoms with E-state index in [-0.39, 0.29) is 0 Å². The van der Waals surface area contributed by atoms with E-state index in [1.165, 1.54) is 45.2 Å². The molecule has 1 aliphatic rings. The molecule has 1 saturated heterocycles. The maximum Gasteiger partial charge on any atom is 0.0945 e. The fourth-order valence-corrected chi connectivity index (χ4v) is 3.24. The van der Waals surface area contributed by atoms with Crippen molar-refractivity contribution < 1.29 is 0 Å². The van der Waals surface area contributed by atoms with Crippen molar-refractivity contribution in [2.24, 2.45) is 0 Å². The van der Waals surface area contributed by atoms with Crippen LogP contribution in [-0.2, 0) is 6.54 Å². The summed E-state index contributed by atoms with van der Waals surface area (Å²) in [6, 6.07) is 1.33. The van der Waals surface area contributed by atoms with Crippen molar-refractivity contribution in [2.45, 2.75) is 64.6 Å². The highest BCUT2D eigenvalue weighted by Gasteiger charge is 2.26.